The first-order chi connectivity index (χ1) is 23.0. The average molecular weight is 670 g/mol. The van der Waals surface area contributed by atoms with Gasteiger partial charge < -0.3 is 41.4 Å². The lowest BCUT2D eigenvalue weighted by molar-refractivity contribution is -0.177. The second-order valence-corrected chi connectivity index (χ2v) is 10.0. The summed E-state index contributed by atoms with van der Waals surface area (Å²) >= 11 is 0. The van der Waals surface area contributed by atoms with Crippen molar-refractivity contribution in [1.29, 1.82) is 0 Å². The summed E-state index contributed by atoms with van der Waals surface area (Å²) in [6.45, 7) is 0.0334. The smallest absolute Gasteiger partial charge is 0.492 e. The summed E-state index contributed by atoms with van der Waals surface area (Å²) in [5.41, 5.74) is 7.00. The molecule has 0 radical (unpaired) electrons. The number of aromatic nitrogens is 4. The molecule has 4 amide bonds. The van der Waals surface area contributed by atoms with Gasteiger partial charge in [-0.1, -0.05) is 5.06 Å². The number of hydrogen-bond donors (Lipinski definition) is 6. The van der Waals surface area contributed by atoms with Crippen LogP contribution in [0.15, 0.2) is 30.5 Å². The molecular weight excluding hydrogens is 638 g/mol. The van der Waals surface area contributed by atoms with E-state index in [9.17, 15) is 39.0 Å². The van der Waals surface area contributed by atoms with Crippen LogP contribution in [0.25, 0.3) is 11.2 Å². The molecule has 1 unspecified atom stereocenters. The quantitative estimate of drug-likeness (QED) is 0.0644. The fourth-order valence-corrected chi connectivity index (χ4v) is 4.13. The van der Waals surface area contributed by atoms with Gasteiger partial charge in [0.15, 0.2) is 11.2 Å². The van der Waals surface area contributed by atoms with Crippen molar-refractivity contribution in [3.05, 3.63) is 41.7 Å². The van der Waals surface area contributed by atoms with Gasteiger partial charge in [0.25, 0.3) is 17.7 Å². The normalized spacial score (nSPS) is 13.2. The van der Waals surface area contributed by atoms with Crippen LogP contribution in [0.2, 0.25) is 0 Å². The molecule has 1 atom stereocenters. The summed E-state index contributed by atoms with van der Waals surface area (Å²) in [5.74, 6) is -4.25. The lowest BCUT2D eigenvalue weighted by atomic mass is 10.1. The molecular formula is C28H31N9O11. The number of nitrogen functional groups attached to an aromatic ring is 1. The Morgan fingerprint density at radius 1 is 1.00 bits per heavy atom. The van der Waals surface area contributed by atoms with Crippen LogP contribution < -0.4 is 21.7 Å². The fourth-order valence-electron chi connectivity index (χ4n) is 4.13. The third kappa shape index (κ3) is 9.91. The van der Waals surface area contributed by atoms with Crippen LogP contribution >= 0.6 is 0 Å². The number of carboxylic acids is 1. The van der Waals surface area contributed by atoms with Gasteiger partial charge in [0, 0.05) is 37.1 Å². The number of nitrogens with two attached hydrogens (primary N) is 1. The van der Waals surface area contributed by atoms with E-state index in [1.165, 1.54) is 18.3 Å². The molecule has 20 nitrogen and oxygen atoms in total. The summed E-state index contributed by atoms with van der Waals surface area (Å²) in [7, 11) is 0. The van der Waals surface area contributed by atoms with E-state index in [4.69, 9.17) is 15.2 Å². The minimum Gasteiger partial charge on any atom is -0.492 e. The molecule has 0 spiro atoms. The molecule has 254 valence electrons. The molecule has 4 rings (SSSR count). The van der Waals surface area contributed by atoms with E-state index in [1.807, 2.05) is 0 Å². The van der Waals surface area contributed by atoms with Gasteiger partial charge in [0.05, 0.1) is 31.6 Å². The number of nitrogens with one attached hydrogen (secondary N) is 3. The van der Waals surface area contributed by atoms with Crippen molar-refractivity contribution in [1.82, 2.24) is 35.6 Å². The Morgan fingerprint density at radius 2 is 1.73 bits per heavy atom. The van der Waals surface area contributed by atoms with Gasteiger partial charge in [-0.05, 0) is 30.7 Å². The van der Waals surface area contributed by atoms with Gasteiger partial charge in [-0.2, -0.15) is 9.97 Å². The first-order valence-corrected chi connectivity index (χ1v) is 14.4. The fraction of sp³-hybridized carbons (Fsp3) is 0.357. The Balaban J connectivity index is 1.11. The Bertz CT molecular complexity index is 1670. The lowest BCUT2D eigenvalue weighted by Gasteiger charge is -2.15. The molecule has 1 fully saturated rings. The largest absolute Gasteiger partial charge is 0.534 e. The highest BCUT2D eigenvalue weighted by Gasteiger charge is 2.33. The summed E-state index contributed by atoms with van der Waals surface area (Å²) in [6, 6.07) is 4.85. The molecule has 1 saturated heterocycles. The number of aliphatic carboxylic acids is 1. The summed E-state index contributed by atoms with van der Waals surface area (Å²) in [6.07, 6.45) is -0.246. The first kappa shape index (κ1) is 34.7. The molecule has 20 heteroatoms. The molecule has 48 heavy (non-hydrogen) atoms. The molecule has 2 aromatic heterocycles. The lowest BCUT2D eigenvalue weighted by Crippen LogP contribution is -2.41. The van der Waals surface area contributed by atoms with Crippen LogP contribution in [0.4, 0.5) is 16.4 Å². The van der Waals surface area contributed by atoms with E-state index < -0.39 is 47.7 Å². The van der Waals surface area contributed by atoms with Crippen molar-refractivity contribution >= 4 is 58.6 Å². The number of carbonyl (C=O) groups is 6. The maximum atomic E-state index is 12.7. The monoisotopic (exact) mass is 669 g/mol. The predicted molar refractivity (Wildman–Crippen MR) is 160 cm³/mol. The number of ether oxygens (including phenoxy) is 2. The Hall–Kier alpha value is -6.18. The van der Waals surface area contributed by atoms with Crippen LogP contribution in [-0.4, -0.2) is 103 Å². The highest BCUT2D eigenvalue weighted by atomic mass is 16.8. The van der Waals surface area contributed by atoms with E-state index in [1.54, 1.807) is 12.1 Å². The van der Waals surface area contributed by atoms with Crippen LogP contribution in [0.3, 0.4) is 0 Å². The number of amides is 4. The third-order valence-electron chi connectivity index (χ3n) is 6.53. The zero-order chi connectivity index (χ0) is 34.6. The first-order valence-electron chi connectivity index (χ1n) is 14.4. The van der Waals surface area contributed by atoms with Crippen LogP contribution in [0.5, 0.6) is 5.88 Å². The molecule has 3 heterocycles. The number of carboxylic acid groups (broad SMARTS) is 1. The van der Waals surface area contributed by atoms with Crippen molar-refractivity contribution in [2.24, 2.45) is 0 Å². The highest BCUT2D eigenvalue weighted by Crippen LogP contribution is 2.19. The van der Waals surface area contributed by atoms with Gasteiger partial charge in [0.1, 0.15) is 12.6 Å². The van der Waals surface area contributed by atoms with Gasteiger partial charge in [-0.15, -0.1) is 0 Å². The number of hydroxylamine groups is 2. The number of anilines is 2. The molecule has 0 saturated carbocycles. The van der Waals surface area contributed by atoms with E-state index >= 15 is 0 Å². The molecule has 1 aromatic carbocycles. The number of rotatable bonds is 16. The number of fused-ring (bicyclic) bond motifs is 1. The zero-order valence-corrected chi connectivity index (χ0v) is 25.2. The maximum Gasteiger partial charge on any atom is 0.534 e. The van der Waals surface area contributed by atoms with Gasteiger partial charge in [-0.25, -0.2) is 19.6 Å². The van der Waals surface area contributed by atoms with Crippen molar-refractivity contribution in [2.75, 3.05) is 37.4 Å². The number of hydrogen-bond acceptors (Lipinski definition) is 16. The number of benzene rings is 1. The summed E-state index contributed by atoms with van der Waals surface area (Å²) in [4.78, 5) is 91.3. The van der Waals surface area contributed by atoms with Crippen molar-refractivity contribution in [3.63, 3.8) is 0 Å². The summed E-state index contributed by atoms with van der Waals surface area (Å²) < 4.78 is 9.91. The van der Waals surface area contributed by atoms with Gasteiger partial charge in [0.2, 0.25) is 17.7 Å². The van der Waals surface area contributed by atoms with Crippen LogP contribution in [0, 0.1) is 0 Å². The molecule has 3 aromatic rings. The second kappa shape index (κ2) is 16.4. The molecule has 0 bridgehead atoms. The minimum atomic E-state index is -1.33. The number of nitrogens with zero attached hydrogens (tertiary/aromatic N) is 5. The van der Waals surface area contributed by atoms with E-state index in [2.05, 4.69) is 40.7 Å². The zero-order valence-electron chi connectivity index (χ0n) is 25.2. The van der Waals surface area contributed by atoms with E-state index in [-0.39, 0.29) is 81.3 Å². The Labute approximate surface area is 270 Å². The second-order valence-electron chi connectivity index (χ2n) is 10.0. The predicted octanol–water partition coefficient (Wildman–Crippen LogP) is -0.367. The van der Waals surface area contributed by atoms with Crippen molar-refractivity contribution in [3.8, 4) is 5.88 Å². The Kier molecular flexibility index (Phi) is 11.9. The topological polar surface area (TPSA) is 287 Å². The minimum absolute atomic E-state index is 0.0426. The van der Waals surface area contributed by atoms with Crippen molar-refractivity contribution < 1.29 is 53.3 Å². The number of imide groups is 1. The van der Waals surface area contributed by atoms with E-state index in [0.29, 0.717) is 16.4 Å². The SMILES string of the molecule is Nc1nc(O)c2nc(CNc3ccc(C(=O)NC(CCC(=O)NCCOCCOC(=O)ON4C(=O)CCC4=O)C(=O)O)cc3)cnc2n1. The third-order valence-corrected chi connectivity index (χ3v) is 6.53. The maximum absolute atomic E-state index is 12.7. The summed E-state index contributed by atoms with van der Waals surface area (Å²) in [5, 5.41) is 27.9. The molecule has 0 aliphatic carbocycles. The van der Waals surface area contributed by atoms with Gasteiger partial charge >= 0.3 is 12.1 Å². The van der Waals surface area contributed by atoms with Gasteiger partial charge in [-0.3, -0.25) is 24.0 Å². The Morgan fingerprint density at radius 3 is 2.44 bits per heavy atom. The van der Waals surface area contributed by atoms with Crippen LogP contribution in [0.1, 0.15) is 41.7 Å². The molecule has 7 N–H and O–H groups in total. The molecule has 1 aliphatic rings. The standard InChI is InChI=1S/C28H31N9O11/c29-27-35-23-22(25(42)36-27)33-17(14-32-23)13-31-16-3-1-15(2-4-16)24(41)34-18(26(43)44)5-6-19(38)30-9-10-46-11-12-47-28(45)48-37-20(39)7-8-21(37)40/h1-4,14,18,31H,5-13H2,(H,30,38)(H,34,41)(H,43,44)(H3,29,32,35,36,42). The van der Waals surface area contributed by atoms with Crippen LogP contribution in [-0.2, 0) is 40.0 Å². The highest BCUT2D eigenvalue weighted by molar-refractivity contribution is 6.01. The molecule has 1 aliphatic heterocycles. The number of carbonyl (C=O) groups excluding carboxylic acids is 5. The number of aromatic hydroxyl groups is 1. The average Bonchev–Trinajstić information content (AvgIpc) is 3.37. The van der Waals surface area contributed by atoms with E-state index in [0.717, 1.165) is 0 Å². The van der Waals surface area contributed by atoms with Crippen molar-refractivity contribution in [2.45, 2.75) is 38.3 Å².